The molecule has 0 saturated carbocycles. The van der Waals surface area contributed by atoms with Crippen LogP contribution in [0.4, 0.5) is 4.39 Å². The van der Waals surface area contributed by atoms with E-state index < -0.39 is 0 Å². The van der Waals surface area contributed by atoms with Gasteiger partial charge in [-0.2, -0.15) is 0 Å². The molecule has 5 rings (SSSR count). The Hall–Kier alpha value is -3.34. The summed E-state index contributed by atoms with van der Waals surface area (Å²) in [4.78, 5) is 16.9. The first-order valence-electron chi connectivity index (χ1n) is 7.59. The number of aromatic amines is 1. The molecule has 0 fully saturated rings. The van der Waals surface area contributed by atoms with Crippen LogP contribution < -0.4 is 0 Å². The quantitative estimate of drug-likeness (QED) is 0.465. The highest BCUT2D eigenvalue weighted by Gasteiger charge is 2.16. The molecule has 0 aliphatic heterocycles. The second kappa shape index (κ2) is 4.83. The van der Waals surface area contributed by atoms with E-state index in [1.54, 1.807) is 30.6 Å². The molecule has 0 radical (unpaired) electrons. The molecule has 5 heteroatoms. The van der Waals surface area contributed by atoms with Crippen LogP contribution in [-0.2, 0) is 0 Å². The van der Waals surface area contributed by atoms with Crippen molar-refractivity contribution in [2.75, 3.05) is 0 Å². The van der Waals surface area contributed by atoms with E-state index in [9.17, 15) is 4.39 Å². The van der Waals surface area contributed by atoms with Crippen LogP contribution in [0.25, 0.3) is 44.2 Å². The number of nitrogens with zero attached hydrogens (tertiary/aromatic N) is 3. The second-order valence-electron chi connectivity index (χ2n) is 5.59. The summed E-state index contributed by atoms with van der Waals surface area (Å²) in [5.74, 6) is 0.200. The van der Waals surface area contributed by atoms with Crippen LogP contribution in [-0.4, -0.2) is 19.9 Å². The Morgan fingerprint density at radius 3 is 2.25 bits per heavy atom. The van der Waals surface area contributed by atoms with E-state index in [0.29, 0.717) is 11.4 Å². The summed E-state index contributed by atoms with van der Waals surface area (Å²) in [5.41, 5.74) is 3.67. The maximum atomic E-state index is 14.1. The normalized spacial score (nSPS) is 11.5. The van der Waals surface area contributed by atoms with Crippen LogP contribution in [0.2, 0.25) is 0 Å². The first-order chi connectivity index (χ1) is 11.8. The van der Waals surface area contributed by atoms with Crippen LogP contribution in [0.3, 0.4) is 0 Å². The summed E-state index contributed by atoms with van der Waals surface area (Å²) >= 11 is 0. The lowest BCUT2D eigenvalue weighted by atomic mass is 10.1. The third kappa shape index (κ3) is 1.75. The molecule has 5 aromatic rings. The molecule has 3 aromatic heterocycles. The summed E-state index contributed by atoms with van der Waals surface area (Å²) in [6.45, 7) is 0. The maximum absolute atomic E-state index is 14.1. The van der Waals surface area contributed by atoms with E-state index in [4.69, 9.17) is 0 Å². The molecule has 0 aliphatic rings. The Balaban J connectivity index is 1.98. The summed E-state index contributed by atoms with van der Waals surface area (Å²) < 4.78 is 14.1. The SMILES string of the molecule is Fc1ccccc1-c1nc2c3cccnc3c3ncccc3c2[nH]1. The molecule has 0 amide bonds. The summed E-state index contributed by atoms with van der Waals surface area (Å²) in [6, 6.07) is 14.3. The molecule has 0 bridgehead atoms. The molecular formula is C19H11FN4. The topological polar surface area (TPSA) is 54.5 Å². The van der Waals surface area contributed by atoms with Gasteiger partial charge in [-0.05, 0) is 36.4 Å². The minimum atomic E-state index is -0.304. The van der Waals surface area contributed by atoms with E-state index >= 15 is 0 Å². The number of aromatic nitrogens is 4. The Morgan fingerprint density at radius 2 is 1.46 bits per heavy atom. The fraction of sp³-hybridized carbons (Fsp3) is 0. The lowest BCUT2D eigenvalue weighted by molar-refractivity contribution is 0.630. The van der Waals surface area contributed by atoms with Gasteiger partial charge >= 0.3 is 0 Å². The monoisotopic (exact) mass is 314 g/mol. The lowest BCUT2D eigenvalue weighted by Gasteiger charge is -2.03. The molecular weight excluding hydrogens is 303 g/mol. The Labute approximate surface area is 136 Å². The van der Waals surface area contributed by atoms with Crippen LogP contribution >= 0.6 is 0 Å². The van der Waals surface area contributed by atoms with Gasteiger partial charge in [0.05, 0.1) is 27.6 Å². The van der Waals surface area contributed by atoms with Crippen LogP contribution in [0, 0.1) is 5.82 Å². The van der Waals surface area contributed by atoms with Crippen molar-refractivity contribution in [3.63, 3.8) is 0 Å². The first-order valence-corrected chi connectivity index (χ1v) is 7.59. The number of pyridine rings is 2. The average molecular weight is 314 g/mol. The number of fused-ring (bicyclic) bond motifs is 6. The highest BCUT2D eigenvalue weighted by Crippen LogP contribution is 2.33. The first kappa shape index (κ1) is 13.1. The zero-order valence-electron chi connectivity index (χ0n) is 12.5. The van der Waals surface area contributed by atoms with Gasteiger partial charge in [0.15, 0.2) is 0 Å². The molecule has 3 heterocycles. The smallest absolute Gasteiger partial charge is 0.141 e. The van der Waals surface area contributed by atoms with Crippen molar-refractivity contribution in [2.24, 2.45) is 0 Å². The van der Waals surface area contributed by atoms with Gasteiger partial charge in [0.1, 0.15) is 11.6 Å². The Morgan fingerprint density at radius 1 is 0.750 bits per heavy atom. The largest absolute Gasteiger partial charge is 0.337 e. The molecule has 114 valence electrons. The lowest BCUT2D eigenvalue weighted by Crippen LogP contribution is -1.86. The zero-order chi connectivity index (χ0) is 16.1. The second-order valence-corrected chi connectivity index (χ2v) is 5.59. The van der Waals surface area contributed by atoms with Crippen LogP contribution in [0.1, 0.15) is 0 Å². The highest BCUT2D eigenvalue weighted by molar-refractivity contribution is 6.20. The molecule has 0 atom stereocenters. The summed E-state index contributed by atoms with van der Waals surface area (Å²) in [7, 11) is 0. The fourth-order valence-electron chi connectivity index (χ4n) is 3.12. The number of nitrogens with one attached hydrogen (secondary N) is 1. The van der Waals surface area contributed by atoms with Gasteiger partial charge in [-0.3, -0.25) is 9.97 Å². The Bertz CT molecular complexity index is 1150. The predicted molar refractivity (Wildman–Crippen MR) is 92.1 cm³/mol. The van der Waals surface area contributed by atoms with Gasteiger partial charge in [0.25, 0.3) is 0 Å². The standard InChI is InChI=1S/C19H11FN4/c20-14-8-2-1-5-11(14)19-23-17-12-6-3-9-21-15(12)16-13(18(17)24-19)7-4-10-22-16/h1-10H,(H,23,24). The molecule has 0 aliphatic carbocycles. The molecule has 2 aromatic carbocycles. The molecule has 24 heavy (non-hydrogen) atoms. The average Bonchev–Trinajstić information content (AvgIpc) is 3.08. The predicted octanol–water partition coefficient (Wildman–Crippen LogP) is 4.47. The van der Waals surface area contributed by atoms with Gasteiger partial charge in [-0.1, -0.05) is 12.1 Å². The van der Waals surface area contributed by atoms with Crippen LogP contribution in [0.5, 0.6) is 0 Å². The van der Waals surface area contributed by atoms with E-state index in [0.717, 1.165) is 32.8 Å². The van der Waals surface area contributed by atoms with E-state index in [-0.39, 0.29) is 5.82 Å². The minimum Gasteiger partial charge on any atom is -0.337 e. The van der Waals surface area contributed by atoms with Gasteiger partial charge in [0, 0.05) is 23.2 Å². The molecule has 1 N–H and O–H groups in total. The van der Waals surface area contributed by atoms with Crippen molar-refractivity contribution in [3.8, 4) is 11.4 Å². The maximum Gasteiger partial charge on any atom is 0.141 e. The van der Waals surface area contributed by atoms with Crippen molar-refractivity contribution in [2.45, 2.75) is 0 Å². The van der Waals surface area contributed by atoms with E-state index in [1.807, 2.05) is 24.3 Å². The zero-order valence-corrected chi connectivity index (χ0v) is 12.5. The number of halogens is 1. The van der Waals surface area contributed by atoms with Gasteiger partial charge in [-0.25, -0.2) is 9.37 Å². The van der Waals surface area contributed by atoms with Crippen LogP contribution in [0.15, 0.2) is 60.9 Å². The van der Waals surface area contributed by atoms with Gasteiger partial charge < -0.3 is 4.98 Å². The van der Waals surface area contributed by atoms with Gasteiger partial charge in [-0.15, -0.1) is 0 Å². The summed E-state index contributed by atoms with van der Waals surface area (Å²) in [5, 5.41) is 1.83. The van der Waals surface area contributed by atoms with E-state index in [1.165, 1.54) is 6.07 Å². The number of benzene rings is 2. The molecule has 0 unspecified atom stereocenters. The number of H-pyrrole nitrogens is 1. The highest BCUT2D eigenvalue weighted by atomic mass is 19.1. The number of hydrogen-bond acceptors (Lipinski definition) is 3. The molecule has 0 spiro atoms. The molecule has 4 nitrogen and oxygen atoms in total. The molecule has 0 saturated heterocycles. The van der Waals surface area contributed by atoms with Crippen molar-refractivity contribution in [1.82, 2.24) is 19.9 Å². The third-order valence-electron chi connectivity index (χ3n) is 4.20. The van der Waals surface area contributed by atoms with E-state index in [2.05, 4.69) is 19.9 Å². The van der Waals surface area contributed by atoms with Crippen molar-refractivity contribution >= 4 is 32.8 Å². The number of hydrogen-bond donors (Lipinski definition) is 1. The minimum absolute atomic E-state index is 0.304. The Kier molecular flexibility index (Phi) is 2.64. The van der Waals surface area contributed by atoms with Crippen molar-refractivity contribution in [3.05, 3.63) is 66.7 Å². The van der Waals surface area contributed by atoms with Gasteiger partial charge in [0.2, 0.25) is 0 Å². The van der Waals surface area contributed by atoms with Crippen molar-refractivity contribution in [1.29, 1.82) is 0 Å². The number of rotatable bonds is 1. The third-order valence-corrected chi connectivity index (χ3v) is 4.20. The number of imidazole rings is 1. The fourth-order valence-corrected chi connectivity index (χ4v) is 3.12. The summed E-state index contributed by atoms with van der Waals surface area (Å²) in [6.07, 6.45) is 3.49. The van der Waals surface area contributed by atoms with Crippen molar-refractivity contribution < 1.29 is 4.39 Å².